The fourth-order valence-corrected chi connectivity index (χ4v) is 2.26. The average molecular weight is 345 g/mol. The van der Waals surface area contributed by atoms with Crippen LogP contribution in [0.1, 0.15) is 11.1 Å². The van der Waals surface area contributed by atoms with Crippen molar-refractivity contribution in [2.75, 3.05) is 13.7 Å². The van der Waals surface area contributed by atoms with Crippen LogP contribution >= 0.6 is 0 Å². The number of hydrogen-bond acceptors (Lipinski definition) is 4. The van der Waals surface area contributed by atoms with Crippen LogP contribution in [0.15, 0.2) is 54.6 Å². The highest BCUT2D eigenvalue weighted by molar-refractivity contribution is 5.85. The quantitative estimate of drug-likeness (QED) is 0.745. The van der Waals surface area contributed by atoms with Crippen molar-refractivity contribution >= 4 is 11.9 Å². The van der Waals surface area contributed by atoms with Gasteiger partial charge in [-0.2, -0.15) is 0 Å². The molecule has 0 heterocycles. The summed E-state index contributed by atoms with van der Waals surface area (Å²) >= 11 is 0. The minimum absolute atomic E-state index is 0.175. The molecule has 1 N–H and O–H groups in total. The molecule has 1 atom stereocenters. The Bertz CT molecular complexity index is 688. The summed E-state index contributed by atoms with van der Waals surface area (Å²) in [6.45, 7) is 0.126. The maximum atomic E-state index is 13.0. The molecule has 2 aromatic rings. The van der Waals surface area contributed by atoms with Crippen LogP contribution in [-0.4, -0.2) is 31.6 Å². The van der Waals surface area contributed by atoms with Crippen molar-refractivity contribution in [2.24, 2.45) is 0 Å². The van der Waals surface area contributed by atoms with Gasteiger partial charge in [-0.3, -0.25) is 4.79 Å². The van der Waals surface area contributed by atoms with Crippen molar-refractivity contribution in [1.29, 1.82) is 0 Å². The van der Waals surface area contributed by atoms with Gasteiger partial charge in [-0.1, -0.05) is 42.5 Å². The Kier molecular flexibility index (Phi) is 7.10. The van der Waals surface area contributed by atoms with E-state index in [0.29, 0.717) is 12.2 Å². The predicted octanol–water partition coefficient (Wildman–Crippen LogP) is 2.24. The molecule has 25 heavy (non-hydrogen) atoms. The minimum atomic E-state index is -0.858. The molecule has 2 aromatic carbocycles. The fourth-order valence-electron chi connectivity index (χ4n) is 2.26. The summed E-state index contributed by atoms with van der Waals surface area (Å²) in [6, 6.07) is 14.3. The topological polar surface area (TPSA) is 64.6 Å². The standard InChI is InChI=1S/C19H20FNO4/c1-24-19(23)17(11-14-7-9-16(20)10-8-14)21-18(22)13-25-12-15-5-3-2-4-6-15/h2-10,17H,11-13H2,1H3,(H,21,22)/t17-/m1/s1. The van der Waals surface area contributed by atoms with E-state index < -0.39 is 17.9 Å². The number of ether oxygens (including phenoxy) is 2. The Balaban J connectivity index is 1.86. The van der Waals surface area contributed by atoms with Gasteiger partial charge in [0, 0.05) is 6.42 Å². The molecule has 0 saturated heterocycles. The van der Waals surface area contributed by atoms with Crippen LogP contribution in [0.25, 0.3) is 0 Å². The molecule has 0 aromatic heterocycles. The summed E-state index contributed by atoms with van der Waals surface area (Å²) in [5.41, 5.74) is 1.66. The third kappa shape index (κ3) is 6.35. The molecule has 0 bridgehead atoms. The summed E-state index contributed by atoms with van der Waals surface area (Å²) in [6.07, 6.45) is 0.206. The van der Waals surface area contributed by atoms with E-state index in [9.17, 15) is 14.0 Å². The third-order valence-corrected chi connectivity index (χ3v) is 3.52. The van der Waals surface area contributed by atoms with Crippen LogP contribution in [0.5, 0.6) is 0 Å². The molecule has 0 aliphatic rings. The lowest BCUT2D eigenvalue weighted by molar-refractivity contribution is -0.145. The van der Waals surface area contributed by atoms with Gasteiger partial charge >= 0.3 is 5.97 Å². The summed E-state index contributed by atoms with van der Waals surface area (Å²) in [5.74, 6) is -1.36. The molecule has 0 aliphatic heterocycles. The van der Waals surface area contributed by atoms with Crippen molar-refractivity contribution in [3.8, 4) is 0 Å². The molecule has 132 valence electrons. The number of benzene rings is 2. The smallest absolute Gasteiger partial charge is 0.328 e. The molecule has 0 spiro atoms. The molecule has 0 unspecified atom stereocenters. The van der Waals surface area contributed by atoms with E-state index in [1.165, 1.54) is 19.2 Å². The first-order valence-electron chi connectivity index (χ1n) is 7.82. The number of carbonyl (C=O) groups excluding carboxylic acids is 2. The third-order valence-electron chi connectivity index (χ3n) is 3.52. The van der Waals surface area contributed by atoms with Crippen molar-refractivity contribution < 1.29 is 23.5 Å². The summed E-state index contributed by atoms with van der Waals surface area (Å²) < 4.78 is 23.0. The molecular weight excluding hydrogens is 325 g/mol. The Labute approximate surface area is 145 Å². The van der Waals surface area contributed by atoms with E-state index in [1.807, 2.05) is 30.3 Å². The lowest BCUT2D eigenvalue weighted by Crippen LogP contribution is -2.44. The highest BCUT2D eigenvalue weighted by Gasteiger charge is 2.22. The van der Waals surface area contributed by atoms with Crippen molar-refractivity contribution in [3.05, 3.63) is 71.5 Å². The van der Waals surface area contributed by atoms with Gasteiger partial charge < -0.3 is 14.8 Å². The SMILES string of the molecule is COC(=O)[C@@H](Cc1ccc(F)cc1)NC(=O)COCc1ccccc1. The first kappa shape index (κ1) is 18.6. The first-order chi connectivity index (χ1) is 12.1. The van der Waals surface area contributed by atoms with Gasteiger partial charge in [0.15, 0.2) is 0 Å². The number of methoxy groups -OCH3 is 1. The second-order valence-electron chi connectivity index (χ2n) is 5.45. The molecule has 0 aliphatic carbocycles. The van der Waals surface area contributed by atoms with Crippen molar-refractivity contribution in [3.63, 3.8) is 0 Å². The van der Waals surface area contributed by atoms with E-state index >= 15 is 0 Å². The zero-order valence-electron chi connectivity index (χ0n) is 13.9. The van der Waals surface area contributed by atoms with E-state index in [2.05, 4.69) is 5.32 Å². The van der Waals surface area contributed by atoms with Gasteiger partial charge in [-0.15, -0.1) is 0 Å². The number of halogens is 1. The zero-order chi connectivity index (χ0) is 18.1. The maximum absolute atomic E-state index is 13.0. The Hall–Kier alpha value is -2.73. The van der Waals surface area contributed by atoms with Gasteiger partial charge in [0.1, 0.15) is 18.5 Å². The molecule has 0 radical (unpaired) electrons. The van der Waals surface area contributed by atoms with Gasteiger partial charge in [-0.05, 0) is 23.3 Å². The Morgan fingerprint density at radius 2 is 1.72 bits per heavy atom. The molecule has 5 nitrogen and oxygen atoms in total. The van der Waals surface area contributed by atoms with Crippen LogP contribution in [0.3, 0.4) is 0 Å². The molecule has 6 heteroatoms. The van der Waals surface area contributed by atoms with E-state index in [4.69, 9.17) is 9.47 Å². The highest BCUT2D eigenvalue weighted by atomic mass is 19.1. The molecule has 0 saturated carbocycles. The highest BCUT2D eigenvalue weighted by Crippen LogP contribution is 2.07. The predicted molar refractivity (Wildman–Crippen MR) is 90.1 cm³/mol. The van der Waals surface area contributed by atoms with Crippen LogP contribution < -0.4 is 5.32 Å². The monoisotopic (exact) mass is 345 g/mol. The summed E-state index contributed by atoms with van der Waals surface area (Å²) in [4.78, 5) is 23.9. The second kappa shape index (κ2) is 9.54. The van der Waals surface area contributed by atoms with E-state index in [1.54, 1.807) is 12.1 Å². The first-order valence-corrected chi connectivity index (χ1v) is 7.82. The van der Waals surface area contributed by atoms with Crippen LogP contribution in [0.2, 0.25) is 0 Å². The van der Waals surface area contributed by atoms with E-state index in [-0.39, 0.29) is 18.8 Å². The van der Waals surface area contributed by atoms with E-state index in [0.717, 1.165) is 5.56 Å². The van der Waals surface area contributed by atoms with Gasteiger partial charge in [0.25, 0.3) is 0 Å². The largest absolute Gasteiger partial charge is 0.467 e. The van der Waals surface area contributed by atoms with Crippen molar-refractivity contribution in [1.82, 2.24) is 5.32 Å². The summed E-state index contributed by atoms with van der Waals surface area (Å²) in [5, 5.41) is 2.58. The van der Waals surface area contributed by atoms with Crippen LogP contribution in [0.4, 0.5) is 4.39 Å². The average Bonchev–Trinajstić information content (AvgIpc) is 2.63. The molecule has 2 rings (SSSR count). The fraction of sp³-hybridized carbons (Fsp3) is 0.263. The van der Waals surface area contributed by atoms with Crippen molar-refractivity contribution in [2.45, 2.75) is 19.1 Å². The number of nitrogens with one attached hydrogen (secondary N) is 1. The van der Waals surface area contributed by atoms with Crippen LogP contribution in [-0.2, 0) is 32.1 Å². The minimum Gasteiger partial charge on any atom is -0.467 e. The number of rotatable bonds is 8. The van der Waals surface area contributed by atoms with Gasteiger partial charge in [0.05, 0.1) is 13.7 Å². The zero-order valence-corrected chi connectivity index (χ0v) is 13.9. The maximum Gasteiger partial charge on any atom is 0.328 e. The van der Waals surface area contributed by atoms with Gasteiger partial charge in [-0.25, -0.2) is 9.18 Å². The number of amides is 1. The number of hydrogen-bond donors (Lipinski definition) is 1. The lowest BCUT2D eigenvalue weighted by Gasteiger charge is -2.16. The molecule has 0 fully saturated rings. The van der Waals surface area contributed by atoms with Gasteiger partial charge in [0.2, 0.25) is 5.91 Å². The Morgan fingerprint density at radius 3 is 2.36 bits per heavy atom. The molecule has 1 amide bonds. The normalized spacial score (nSPS) is 11.6. The Morgan fingerprint density at radius 1 is 1.04 bits per heavy atom. The number of carbonyl (C=O) groups is 2. The lowest BCUT2D eigenvalue weighted by atomic mass is 10.1. The second-order valence-corrected chi connectivity index (χ2v) is 5.45. The molecular formula is C19H20FNO4. The number of esters is 1. The summed E-state index contributed by atoms with van der Waals surface area (Å²) in [7, 11) is 1.25. The van der Waals surface area contributed by atoms with Crippen LogP contribution in [0, 0.1) is 5.82 Å².